The summed E-state index contributed by atoms with van der Waals surface area (Å²) in [5, 5.41) is 0. The Balaban J connectivity index is 1.64. The Morgan fingerprint density at radius 3 is 2.47 bits per heavy atom. The van der Waals surface area contributed by atoms with Crippen molar-refractivity contribution in [2.75, 3.05) is 6.54 Å². The summed E-state index contributed by atoms with van der Waals surface area (Å²) in [6, 6.07) is 0. The Labute approximate surface area is 106 Å². The molecule has 4 bridgehead atoms. The Morgan fingerprint density at radius 1 is 0.765 bits per heavy atom. The van der Waals surface area contributed by atoms with Crippen LogP contribution in [0.2, 0.25) is 0 Å². The lowest BCUT2D eigenvalue weighted by Crippen LogP contribution is -2.50. The molecule has 0 aromatic heterocycles. The monoisotopic (exact) mass is 233 g/mol. The predicted molar refractivity (Wildman–Crippen MR) is 70.4 cm³/mol. The highest BCUT2D eigenvalue weighted by Gasteiger charge is 2.52. The van der Waals surface area contributed by atoms with Crippen molar-refractivity contribution in [3.05, 3.63) is 0 Å². The van der Waals surface area contributed by atoms with Crippen molar-refractivity contribution in [2.24, 2.45) is 47.2 Å². The van der Waals surface area contributed by atoms with E-state index in [-0.39, 0.29) is 0 Å². The van der Waals surface area contributed by atoms with Gasteiger partial charge in [-0.3, -0.25) is 0 Å². The highest BCUT2D eigenvalue weighted by Crippen LogP contribution is 2.61. The van der Waals surface area contributed by atoms with Crippen LogP contribution in [0.3, 0.4) is 0 Å². The van der Waals surface area contributed by atoms with Gasteiger partial charge in [-0.2, -0.15) is 0 Å². The molecule has 2 N–H and O–H groups in total. The topological polar surface area (TPSA) is 26.0 Å². The fraction of sp³-hybridized carbons (Fsp3) is 1.00. The minimum Gasteiger partial charge on any atom is -0.330 e. The SMILES string of the molecule is NCCC1CC2CC3CCC4CC1C(C2)C3C4. The normalized spacial score (nSPS) is 55.9. The molecule has 4 saturated carbocycles. The molecule has 7 unspecified atom stereocenters. The first-order valence-corrected chi connectivity index (χ1v) is 8.05. The number of rotatable bonds is 2. The standard InChI is InChI=1S/C16H27N/c17-4-3-13-6-11-5-12-2-1-10-7-14(12)16(9-11)15(13)8-10/h10-16H,1-9,17H2. The fourth-order valence-corrected chi connectivity index (χ4v) is 6.41. The molecule has 1 heteroatoms. The molecule has 96 valence electrons. The molecule has 0 spiro atoms. The summed E-state index contributed by atoms with van der Waals surface area (Å²) in [5.41, 5.74) is 5.86. The van der Waals surface area contributed by atoms with E-state index in [0.717, 1.165) is 48.0 Å². The molecule has 0 radical (unpaired) electrons. The van der Waals surface area contributed by atoms with E-state index >= 15 is 0 Å². The minimum absolute atomic E-state index is 0.930. The molecule has 0 amide bonds. The molecule has 0 aromatic carbocycles. The molecule has 0 heterocycles. The Hall–Kier alpha value is -0.0400. The van der Waals surface area contributed by atoms with Crippen LogP contribution in [0.15, 0.2) is 0 Å². The molecule has 0 aromatic rings. The lowest BCUT2D eigenvalue weighted by Gasteiger charge is -2.59. The number of hydrogen-bond donors (Lipinski definition) is 1. The van der Waals surface area contributed by atoms with Gasteiger partial charge >= 0.3 is 0 Å². The number of fused-ring (bicyclic) bond motifs is 2. The highest BCUT2D eigenvalue weighted by atomic mass is 14.6. The van der Waals surface area contributed by atoms with Crippen molar-refractivity contribution >= 4 is 0 Å². The third kappa shape index (κ3) is 1.61. The first kappa shape index (κ1) is 10.8. The molecule has 0 aliphatic heterocycles. The lowest BCUT2D eigenvalue weighted by atomic mass is 9.46. The van der Waals surface area contributed by atoms with Crippen molar-refractivity contribution in [1.29, 1.82) is 0 Å². The molecular weight excluding hydrogens is 206 g/mol. The zero-order valence-electron chi connectivity index (χ0n) is 11.0. The molecule has 4 fully saturated rings. The van der Waals surface area contributed by atoms with E-state index in [1.165, 1.54) is 12.8 Å². The van der Waals surface area contributed by atoms with Crippen LogP contribution in [0.4, 0.5) is 0 Å². The summed E-state index contributed by atoms with van der Waals surface area (Å²) >= 11 is 0. The van der Waals surface area contributed by atoms with Crippen molar-refractivity contribution in [2.45, 2.75) is 51.4 Å². The van der Waals surface area contributed by atoms with Crippen LogP contribution < -0.4 is 5.73 Å². The molecule has 4 rings (SSSR count). The zero-order chi connectivity index (χ0) is 11.4. The third-order valence-corrected chi connectivity index (χ3v) is 6.88. The van der Waals surface area contributed by atoms with Gasteiger partial charge < -0.3 is 5.73 Å². The third-order valence-electron chi connectivity index (χ3n) is 6.88. The molecule has 1 nitrogen and oxygen atoms in total. The van der Waals surface area contributed by atoms with Crippen LogP contribution in [0.5, 0.6) is 0 Å². The van der Waals surface area contributed by atoms with Crippen molar-refractivity contribution < 1.29 is 0 Å². The second-order valence-corrected chi connectivity index (χ2v) is 7.58. The second kappa shape index (κ2) is 3.98. The van der Waals surface area contributed by atoms with Gasteiger partial charge in [-0.25, -0.2) is 0 Å². The van der Waals surface area contributed by atoms with E-state index in [4.69, 9.17) is 5.73 Å². The van der Waals surface area contributed by atoms with Crippen LogP contribution in [0.25, 0.3) is 0 Å². The van der Waals surface area contributed by atoms with Gasteiger partial charge in [0, 0.05) is 0 Å². The molecule has 0 saturated heterocycles. The smallest absolute Gasteiger partial charge is 0.00745 e. The summed E-state index contributed by atoms with van der Waals surface area (Å²) in [4.78, 5) is 0. The van der Waals surface area contributed by atoms with Gasteiger partial charge in [0.1, 0.15) is 0 Å². The average molecular weight is 233 g/mol. The maximum Gasteiger partial charge on any atom is -0.00745 e. The summed E-state index contributed by atoms with van der Waals surface area (Å²) in [6.07, 6.45) is 12.4. The van der Waals surface area contributed by atoms with Crippen LogP contribution in [0.1, 0.15) is 51.4 Å². The van der Waals surface area contributed by atoms with Gasteiger partial charge in [0.2, 0.25) is 0 Å². The Bertz CT molecular complexity index is 298. The quantitative estimate of drug-likeness (QED) is 0.777. The summed E-state index contributed by atoms with van der Waals surface area (Å²) in [7, 11) is 0. The summed E-state index contributed by atoms with van der Waals surface area (Å²) in [6.45, 7) is 0.930. The van der Waals surface area contributed by atoms with E-state index < -0.39 is 0 Å². The van der Waals surface area contributed by atoms with Crippen molar-refractivity contribution in [3.63, 3.8) is 0 Å². The Kier molecular flexibility index (Phi) is 2.54. The lowest BCUT2D eigenvalue weighted by molar-refractivity contribution is -0.0918. The van der Waals surface area contributed by atoms with E-state index in [0.29, 0.717) is 0 Å². The van der Waals surface area contributed by atoms with Gasteiger partial charge in [0.05, 0.1) is 0 Å². The minimum atomic E-state index is 0.930. The molecule has 4 aliphatic carbocycles. The largest absolute Gasteiger partial charge is 0.330 e. The zero-order valence-corrected chi connectivity index (χ0v) is 11.0. The van der Waals surface area contributed by atoms with E-state index in [9.17, 15) is 0 Å². The van der Waals surface area contributed by atoms with Gasteiger partial charge in [-0.05, 0) is 92.9 Å². The van der Waals surface area contributed by atoms with Crippen LogP contribution >= 0.6 is 0 Å². The first-order valence-electron chi connectivity index (χ1n) is 8.05. The average Bonchev–Trinajstić information content (AvgIpc) is 2.37. The molecular formula is C16H27N. The van der Waals surface area contributed by atoms with Crippen LogP contribution in [0, 0.1) is 41.4 Å². The fourth-order valence-electron chi connectivity index (χ4n) is 6.41. The van der Waals surface area contributed by atoms with Gasteiger partial charge in [-0.1, -0.05) is 6.42 Å². The van der Waals surface area contributed by atoms with E-state index in [1.807, 2.05) is 0 Å². The van der Waals surface area contributed by atoms with E-state index in [2.05, 4.69) is 0 Å². The number of hydrogen-bond acceptors (Lipinski definition) is 1. The van der Waals surface area contributed by atoms with Gasteiger partial charge in [0.25, 0.3) is 0 Å². The van der Waals surface area contributed by atoms with Crippen molar-refractivity contribution in [1.82, 2.24) is 0 Å². The molecule has 4 aliphatic rings. The molecule has 17 heavy (non-hydrogen) atoms. The van der Waals surface area contributed by atoms with Gasteiger partial charge in [0.15, 0.2) is 0 Å². The maximum absolute atomic E-state index is 5.86. The maximum atomic E-state index is 5.86. The second-order valence-electron chi connectivity index (χ2n) is 7.58. The predicted octanol–water partition coefficient (Wildman–Crippen LogP) is 3.43. The van der Waals surface area contributed by atoms with Crippen molar-refractivity contribution in [3.8, 4) is 0 Å². The highest BCUT2D eigenvalue weighted by molar-refractivity contribution is 5.02. The van der Waals surface area contributed by atoms with Crippen LogP contribution in [-0.2, 0) is 0 Å². The first-order chi connectivity index (χ1) is 8.35. The van der Waals surface area contributed by atoms with Gasteiger partial charge in [-0.15, -0.1) is 0 Å². The number of nitrogens with two attached hydrogens (primary N) is 1. The summed E-state index contributed by atoms with van der Waals surface area (Å²) in [5.74, 6) is 7.69. The summed E-state index contributed by atoms with van der Waals surface area (Å²) < 4.78 is 0. The Morgan fingerprint density at radius 2 is 1.59 bits per heavy atom. The van der Waals surface area contributed by atoms with Crippen LogP contribution in [-0.4, -0.2) is 6.54 Å². The molecule has 7 atom stereocenters. The van der Waals surface area contributed by atoms with E-state index in [1.54, 1.807) is 38.5 Å².